The third kappa shape index (κ3) is 3.43. The molecular weight excluding hydrogens is 210 g/mol. The van der Waals surface area contributed by atoms with Gasteiger partial charge in [0.15, 0.2) is 0 Å². The van der Waals surface area contributed by atoms with E-state index < -0.39 is 0 Å². The average molecular weight is 237 g/mol. The fourth-order valence-corrected chi connectivity index (χ4v) is 3.35. The maximum Gasteiger partial charge on any atom is 0.0113 e. The predicted octanol–water partition coefficient (Wildman–Crippen LogP) is 1.30. The maximum atomic E-state index is 3.72. The summed E-state index contributed by atoms with van der Waals surface area (Å²) in [5, 5.41) is 3.72. The highest BCUT2D eigenvalue weighted by Gasteiger charge is 2.30. The van der Waals surface area contributed by atoms with Crippen LogP contribution in [0.15, 0.2) is 0 Å². The average Bonchev–Trinajstić information content (AvgIpc) is 3.08. The van der Waals surface area contributed by atoms with Crippen LogP contribution >= 0.6 is 0 Å². The Hall–Kier alpha value is -0.120. The summed E-state index contributed by atoms with van der Waals surface area (Å²) in [7, 11) is 0. The highest BCUT2D eigenvalue weighted by atomic mass is 15.3. The molecule has 0 spiro atoms. The van der Waals surface area contributed by atoms with Gasteiger partial charge in [0, 0.05) is 51.4 Å². The second kappa shape index (κ2) is 5.68. The third-order valence-electron chi connectivity index (χ3n) is 4.69. The second-order valence-corrected chi connectivity index (χ2v) is 6.04. The molecule has 3 rings (SSSR count). The lowest BCUT2D eigenvalue weighted by atomic mass is 10.2. The van der Waals surface area contributed by atoms with E-state index >= 15 is 0 Å². The minimum absolute atomic E-state index is 0.836. The molecule has 1 aliphatic heterocycles. The van der Waals surface area contributed by atoms with Gasteiger partial charge in [-0.2, -0.15) is 0 Å². The number of nitrogens with one attached hydrogen (secondary N) is 1. The Labute approximate surface area is 106 Å². The van der Waals surface area contributed by atoms with Gasteiger partial charge in [-0.15, -0.1) is 0 Å². The van der Waals surface area contributed by atoms with E-state index in [9.17, 15) is 0 Å². The van der Waals surface area contributed by atoms with Gasteiger partial charge in [-0.05, 0) is 25.7 Å². The highest BCUT2D eigenvalue weighted by molar-refractivity contribution is 4.87. The lowest BCUT2D eigenvalue weighted by Gasteiger charge is -2.35. The van der Waals surface area contributed by atoms with Crippen LogP contribution in [0.2, 0.25) is 0 Å². The molecule has 3 nitrogen and oxygen atoms in total. The van der Waals surface area contributed by atoms with Gasteiger partial charge in [0.25, 0.3) is 0 Å². The Morgan fingerprint density at radius 1 is 0.882 bits per heavy atom. The lowest BCUT2D eigenvalue weighted by Crippen LogP contribution is -2.49. The van der Waals surface area contributed by atoms with Crippen molar-refractivity contribution in [2.24, 2.45) is 0 Å². The molecule has 0 aromatic carbocycles. The van der Waals surface area contributed by atoms with Crippen LogP contribution in [0.3, 0.4) is 0 Å². The van der Waals surface area contributed by atoms with Crippen molar-refractivity contribution >= 4 is 0 Å². The SMILES string of the molecule is C1CCC(NCCN2CCN(C3CC3)CC2)C1. The van der Waals surface area contributed by atoms with Gasteiger partial charge in [0.1, 0.15) is 0 Å². The molecule has 0 atom stereocenters. The monoisotopic (exact) mass is 237 g/mol. The van der Waals surface area contributed by atoms with E-state index in [0.717, 1.165) is 12.1 Å². The van der Waals surface area contributed by atoms with Crippen LogP contribution in [0.4, 0.5) is 0 Å². The first kappa shape index (κ1) is 11.9. The van der Waals surface area contributed by atoms with E-state index in [4.69, 9.17) is 0 Å². The summed E-state index contributed by atoms with van der Waals surface area (Å²) in [6.07, 6.45) is 8.63. The Morgan fingerprint density at radius 3 is 2.24 bits per heavy atom. The molecule has 0 amide bonds. The zero-order valence-corrected chi connectivity index (χ0v) is 11.0. The van der Waals surface area contributed by atoms with Crippen LogP contribution in [-0.4, -0.2) is 61.2 Å². The first-order valence-electron chi connectivity index (χ1n) is 7.61. The molecule has 3 fully saturated rings. The van der Waals surface area contributed by atoms with Crippen LogP contribution in [0.5, 0.6) is 0 Å². The molecule has 0 radical (unpaired) electrons. The van der Waals surface area contributed by atoms with Crippen LogP contribution in [-0.2, 0) is 0 Å². The minimum atomic E-state index is 0.836. The smallest absolute Gasteiger partial charge is 0.0113 e. The molecule has 0 bridgehead atoms. The molecule has 1 saturated heterocycles. The van der Waals surface area contributed by atoms with E-state index in [-0.39, 0.29) is 0 Å². The van der Waals surface area contributed by atoms with Crippen LogP contribution in [0.1, 0.15) is 38.5 Å². The summed E-state index contributed by atoms with van der Waals surface area (Å²) < 4.78 is 0. The zero-order chi connectivity index (χ0) is 11.5. The van der Waals surface area contributed by atoms with Gasteiger partial charge in [0.2, 0.25) is 0 Å². The number of hydrogen-bond acceptors (Lipinski definition) is 3. The molecule has 0 aromatic heterocycles. The number of piperazine rings is 1. The standard InChI is InChI=1S/C14H27N3/c1-2-4-13(3-1)15-7-8-16-9-11-17(12-10-16)14-5-6-14/h13-15H,1-12H2. The molecule has 3 aliphatic rings. The molecule has 1 heterocycles. The molecule has 2 saturated carbocycles. The van der Waals surface area contributed by atoms with E-state index in [1.54, 1.807) is 0 Å². The van der Waals surface area contributed by atoms with E-state index in [1.807, 2.05) is 0 Å². The Balaban J connectivity index is 1.28. The predicted molar refractivity (Wildman–Crippen MR) is 71.3 cm³/mol. The van der Waals surface area contributed by atoms with Gasteiger partial charge in [-0.1, -0.05) is 12.8 Å². The van der Waals surface area contributed by atoms with Crippen molar-refractivity contribution in [2.75, 3.05) is 39.3 Å². The van der Waals surface area contributed by atoms with Gasteiger partial charge < -0.3 is 5.32 Å². The normalized spacial score (nSPS) is 28.9. The van der Waals surface area contributed by atoms with Gasteiger partial charge in [0.05, 0.1) is 0 Å². The van der Waals surface area contributed by atoms with E-state index in [0.29, 0.717) is 0 Å². The second-order valence-electron chi connectivity index (χ2n) is 6.04. The quantitative estimate of drug-likeness (QED) is 0.777. The molecule has 1 N–H and O–H groups in total. The van der Waals surface area contributed by atoms with Crippen molar-refractivity contribution < 1.29 is 0 Å². The number of rotatable bonds is 5. The first-order chi connectivity index (χ1) is 8.42. The van der Waals surface area contributed by atoms with Crippen molar-refractivity contribution in [1.29, 1.82) is 0 Å². The topological polar surface area (TPSA) is 18.5 Å². The third-order valence-corrected chi connectivity index (χ3v) is 4.69. The Kier molecular flexibility index (Phi) is 3.99. The zero-order valence-electron chi connectivity index (χ0n) is 11.0. The fourth-order valence-electron chi connectivity index (χ4n) is 3.35. The van der Waals surface area contributed by atoms with Crippen LogP contribution in [0, 0.1) is 0 Å². The molecule has 3 heteroatoms. The summed E-state index contributed by atoms with van der Waals surface area (Å²) in [5.74, 6) is 0. The largest absolute Gasteiger partial charge is 0.313 e. The first-order valence-corrected chi connectivity index (χ1v) is 7.61. The molecule has 98 valence electrons. The Morgan fingerprint density at radius 2 is 1.59 bits per heavy atom. The molecular formula is C14H27N3. The molecule has 2 aliphatic carbocycles. The van der Waals surface area contributed by atoms with Gasteiger partial charge >= 0.3 is 0 Å². The molecule has 0 unspecified atom stereocenters. The van der Waals surface area contributed by atoms with E-state index in [2.05, 4.69) is 15.1 Å². The fraction of sp³-hybridized carbons (Fsp3) is 1.00. The highest BCUT2D eigenvalue weighted by Crippen LogP contribution is 2.27. The van der Waals surface area contributed by atoms with Crippen molar-refractivity contribution in [2.45, 2.75) is 50.6 Å². The van der Waals surface area contributed by atoms with Crippen molar-refractivity contribution in [1.82, 2.24) is 15.1 Å². The number of hydrogen-bond donors (Lipinski definition) is 1. The molecule has 0 aromatic rings. The van der Waals surface area contributed by atoms with E-state index in [1.165, 1.54) is 77.8 Å². The minimum Gasteiger partial charge on any atom is -0.313 e. The summed E-state index contributed by atoms with van der Waals surface area (Å²) >= 11 is 0. The van der Waals surface area contributed by atoms with Crippen LogP contribution < -0.4 is 5.32 Å². The Bertz CT molecular complexity index is 226. The maximum absolute atomic E-state index is 3.72. The lowest BCUT2D eigenvalue weighted by molar-refractivity contribution is 0.126. The summed E-state index contributed by atoms with van der Waals surface area (Å²) in [5.41, 5.74) is 0. The molecule has 17 heavy (non-hydrogen) atoms. The summed E-state index contributed by atoms with van der Waals surface area (Å²) in [6.45, 7) is 7.68. The van der Waals surface area contributed by atoms with Crippen LogP contribution in [0.25, 0.3) is 0 Å². The summed E-state index contributed by atoms with van der Waals surface area (Å²) in [4.78, 5) is 5.34. The van der Waals surface area contributed by atoms with Gasteiger partial charge in [-0.3, -0.25) is 9.80 Å². The van der Waals surface area contributed by atoms with Gasteiger partial charge in [-0.25, -0.2) is 0 Å². The van der Waals surface area contributed by atoms with Crippen molar-refractivity contribution in [3.63, 3.8) is 0 Å². The number of nitrogens with zero attached hydrogens (tertiary/aromatic N) is 2. The van der Waals surface area contributed by atoms with Crippen molar-refractivity contribution in [3.8, 4) is 0 Å². The summed E-state index contributed by atoms with van der Waals surface area (Å²) in [6, 6.07) is 1.80. The van der Waals surface area contributed by atoms with Crippen molar-refractivity contribution in [3.05, 3.63) is 0 Å².